The number of thiazole rings is 1. The Morgan fingerprint density at radius 2 is 1.82 bits per heavy atom. The molecule has 2 fully saturated rings. The van der Waals surface area contributed by atoms with Crippen molar-refractivity contribution in [1.82, 2.24) is 19.9 Å². The molecule has 4 N–H and O–H groups in total. The Kier molecular flexibility index (Phi) is 8.28. The summed E-state index contributed by atoms with van der Waals surface area (Å²) in [5.74, 6) is -1.64. The number of rotatable bonds is 10. The summed E-state index contributed by atoms with van der Waals surface area (Å²) in [7, 11) is -3.40. The van der Waals surface area contributed by atoms with E-state index in [0.29, 0.717) is 22.2 Å². The molecule has 2 saturated carbocycles. The van der Waals surface area contributed by atoms with Crippen molar-refractivity contribution in [2.45, 2.75) is 70.2 Å². The average molecular weight is 645 g/mol. The van der Waals surface area contributed by atoms with E-state index in [4.69, 9.17) is 4.98 Å². The van der Waals surface area contributed by atoms with Crippen molar-refractivity contribution in [2.75, 3.05) is 22.1 Å². The van der Waals surface area contributed by atoms with Crippen LogP contribution in [0.2, 0.25) is 0 Å². The fourth-order valence-corrected chi connectivity index (χ4v) is 8.17. The second-order valence-corrected chi connectivity index (χ2v) is 15.0. The number of halogens is 2. The summed E-state index contributed by atoms with van der Waals surface area (Å²) < 4.78 is 54.7. The van der Waals surface area contributed by atoms with E-state index in [2.05, 4.69) is 25.6 Å². The van der Waals surface area contributed by atoms with Crippen LogP contribution in [0, 0.1) is 24.5 Å². The molecule has 234 valence electrons. The molecular weight excluding hydrogens is 610 g/mol. The van der Waals surface area contributed by atoms with Crippen molar-refractivity contribution in [3.05, 3.63) is 59.0 Å². The van der Waals surface area contributed by atoms with Crippen LogP contribution in [0.25, 0.3) is 20.8 Å². The number of nitrogens with one attached hydrogen (secondary N) is 2. The van der Waals surface area contributed by atoms with E-state index < -0.39 is 51.7 Å². The molecule has 44 heavy (non-hydrogen) atoms. The van der Waals surface area contributed by atoms with Crippen molar-refractivity contribution in [3.8, 4) is 10.6 Å². The van der Waals surface area contributed by atoms with Gasteiger partial charge in [0.1, 0.15) is 43.9 Å². The Morgan fingerprint density at radius 1 is 1.09 bits per heavy atom. The lowest BCUT2D eigenvalue weighted by molar-refractivity contribution is 0.0216. The van der Waals surface area contributed by atoms with Gasteiger partial charge in [-0.15, -0.1) is 11.3 Å². The van der Waals surface area contributed by atoms with Crippen LogP contribution in [-0.4, -0.2) is 68.3 Å². The number of aliphatic hydroxyl groups excluding tert-OH is 2. The standard InChI is InChI=1S/C30H34F2N6O4S2/c1-4-44(41,42)13-17-12-20(27(40)26(17)39)36-28-23(29-37-25-21(43-29)10-11-33-24(25)16-8-9-16)15(3)35-30(38-28)34-14(2)22-18(31)6-5-7-19(22)32/h5-7,10-11,14,16-17,20,26-27,39-40H,4,8-9,12-13H2,1-3H3,(H2,34,35,36,38)/t14-,17-,20?,26-,27+/m1/s1. The molecule has 0 bridgehead atoms. The fourth-order valence-electron chi connectivity index (χ4n) is 5.88. The van der Waals surface area contributed by atoms with Crippen molar-refractivity contribution in [3.63, 3.8) is 0 Å². The number of aryl methyl sites for hydroxylation is 1. The van der Waals surface area contributed by atoms with Crippen LogP contribution in [0.5, 0.6) is 0 Å². The van der Waals surface area contributed by atoms with E-state index in [9.17, 15) is 27.4 Å². The lowest BCUT2D eigenvalue weighted by Gasteiger charge is -2.22. The van der Waals surface area contributed by atoms with Gasteiger partial charge in [-0.25, -0.2) is 27.2 Å². The van der Waals surface area contributed by atoms with Gasteiger partial charge in [0.2, 0.25) is 5.95 Å². The van der Waals surface area contributed by atoms with Gasteiger partial charge in [-0.05, 0) is 51.3 Å². The molecule has 3 aromatic heterocycles. The first kappa shape index (κ1) is 30.7. The zero-order chi connectivity index (χ0) is 31.3. The molecule has 0 spiro atoms. The summed E-state index contributed by atoms with van der Waals surface area (Å²) in [6.07, 6.45) is 1.56. The number of aromatic nitrogens is 4. The van der Waals surface area contributed by atoms with Crippen molar-refractivity contribution >= 4 is 43.2 Å². The highest BCUT2D eigenvalue weighted by Gasteiger charge is 2.43. The molecular formula is C30H34F2N6O4S2. The minimum absolute atomic E-state index is 0.0647. The lowest BCUT2D eigenvalue weighted by atomic mass is 10.1. The van der Waals surface area contributed by atoms with Crippen LogP contribution in [0.15, 0.2) is 30.5 Å². The minimum Gasteiger partial charge on any atom is -0.390 e. The number of anilines is 2. The van der Waals surface area contributed by atoms with Crippen LogP contribution in [0.3, 0.4) is 0 Å². The molecule has 6 rings (SSSR count). The molecule has 3 heterocycles. The molecule has 10 nitrogen and oxygen atoms in total. The quantitative estimate of drug-likeness (QED) is 0.191. The van der Waals surface area contributed by atoms with Gasteiger partial charge in [-0.1, -0.05) is 13.0 Å². The van der Waals surface area contributed by atoms with E-state index >= 15 is 0 Å². The molecule has 14 heteroatoms. The molecule has 0 radical (unpaired) electrons. The summed E-state index contributed by atoms with van der Waals surface area (Å²) in [6, 6.07) is 3.99. The fraction of sp³-hybridized carbons (Fsp3) is 0.467. The zero-order valence-electron chi connectivity index (χ0n) is 24.5. The van der Waals surface area contributed by atoms with Crippen LogP contribution in [-0.2, 0) is 9.84 Å². The molecule has 1 aromatic carbocycles. The van der Waals surface area contributed by atoms with Crippen LogP contribution in [0.1, 0.15) is 62.0 Å². The molecule has 5 atom stereocenters. The van der Waals surface area contributed by atoms with Crippen molar-refractivity contribution in [1.29, 1.82) is 0 Å². The number of aliphatic hydroxyl groups is 2. The van der Waals surface area contributed by atoms with E-state index in [1.165, 1.54) is 29.5 Å². The third-order valence-corrected chi connectivity index (χ3v) is 11.3. The smallest absolute Gasteiger partial charge is 0.225 e. The third-order valence-electron chi connectivity index (χ3n) is 8.41. The largest absolute Gasteiger partial charge is 0.390 e. The van der Waals surface area contributed by atoms with Crippen LogP contribution in [0.4, 0.5) is 20.5 Å². The Balaban J connectivity index is 1.39. The Labute approximate surface area is 257 Å². The zero-order valence-corrected chi connectivity index (χ0v) is 26.1. The van der Waals surface area contributed by atoms with Gasteiger partial charge in [0.05, 0.1) is 45.6 Å². The van der Waals surface area contributed by atoms with Gasteiger partial charge in [-0.3, -0.25) is 4.98 Å². The topological polar surface area (TPSA) is 150 Å². The maximum absolute atomic E-state index is 14.5. The van der Waals surface area contributed by atoms with Crippen LogP contribution >= 0.6 is 11.3 Å². The van der Waals surface area contributed by atoms with Gasteiger partial charge in [0.25, 0.3) is 0 Å². The predicted octanol–water partition coefficient (Wildman–Crippen LogP) is 4.74. The number of benzene rings is 1. The molecule has 0 aliphatic heterocycles. The second-order valence-electron chi connectivity index (χ2n) is 11.6. The number of fused-ring (bicyclic) bond motifs is 1. The van der Waals surface area contributed by atoms with E-state index in [0.717, 1.165) is 28.8 Å². The summed E-state index contributed by atoms with van der Waals surface area (Å²) in [6.45, 7) is 4.91. The highest BCUT2D eigenvalue weighted by atomic mass is 32.2. The van der Waals surface area contributed by atoms with E-state index in [1.807, 2.05) is 6.07 Å². The van der Waals surface area contributed by atoms with Gasteiger partial charge in [-0.2, -0.15) is 4.98 Å². The Hall–Kier alpha value is -3.33. The van der Waals surface area contributed by atoms with E-state index in [-0.39, 0.29) is 35.3 Å². The number of pyridine rings is 1. The summed E-state index contributed by atoms with van der Waals surface area (Å²) in [4.78, 5) is 18.8. The van der Waals surface area contributed by atoms with Gasteiger partial charge < -0.3 is 20.8 Å². The molecule has 0 amide bonds. The third kappa shape index (κ3) is 6.00. The van der Waals surface area contributed by atoms with E-state index in [1.54, 1.807) is 27.0 Å². The minimum atomic E-state index is -3.40. The first-order chi connectivity index (χ1) is 21.0. The van der Waals surface area contributed by atoms with Gasteiger partial charge in [0, 0.05) is 29.3 Å². The van der Waals surface area contributed by atoms with Crippen molar-refractivity contribution < 1.29 is 27.4 Å². The molecule has 2 aliphatic rings. The maximum Gasteiger partial charge on any atom is 0.225 e. The summed E-state index contributed by atoms with van der Waals surface area (Å²) in [5.41, 5.74) is 2.69. The summed E-state index contributed by atoms with van der Waals surface area (Å²) in [5, 5.41) is 28.6. The van der Waals surface area contributed by atoms with Gasteiger partial charge >= 0.3 is 0 Å². The Morgan fingerprint density at radius 3 is 2.50 bits per heavy atom. The molecule has 0 saturated heterocycles. The highest BCUT2D eigenvalue weighted by Crippen LogP contribution is 2.45. The van der Waals surface area contributed by atoms with Crippen LogP contribution < -0.4 is 10.6 Å². The monoisotopic (exact) mass is 644 g/mol. The number of hydrogen-bond acceptors (Lipinski definition) is 11. The average Bonchev–Trinajstić information content (AvgIpc) is 3.67. The lowest BCUT2D eigenvalue weighted by Crippen LogP contribution is -2.36. The number of sulfone groups is 1. The maximum atomic E-state index is 14.5. The second kappa shape index (κ2) is 11.9. The first-order valence-corrected chi connectivity index (χ1v) is 17.3. The first-order valence-electron chi connectivity index (χ1n) is 14.6. The summed E-state index contributed by atoms with van der Waals surface area (Å²) >= 11 is 1.45. The molecule has 4 aromatic rings. The molecule has 2 aliphatic carbocycles. The predicted molar refractivity (Wildman–Crippen MR) is 165 cm³/mol. The SMILES string of the molecule is CCS(=O)(=O)C[C@H]1CC(Nc2nc(N[C@H](C)c3c(F)cccc3F)nc(C)c2-c2nc3c(C4CC4)nccc3s2)[C@H](O)[C@@H]1O. The normalized spacial score (nSPS) is 22.8. The molecule has 1 unspecified atom stereocenters. The van der Waals surface area contributed by atoms with Gasteiger partial charge in [0.15, 0.2) is 0 Å². The van der Waals surface area contributed by atoms with Crippen molar-refractivity contribution in [2.24, 2.45) is 5.92 Å². The highest BCUT2D eigenvalue weighted by molar-refractivity contribution is 7.91. The Bertz CT molecular complexity index is 1800. The number of hydrogen-bond donors (Lipinski definition) is 4. The number of nitrogens with zero attached hydrogens (tertiary/aromatic N) is 4.